The topological polar surface area (TPSA) is 73.3 Å². The zero-order chi connectivity index (χ0) is 16.2. The molecule has 120 valence electrons. The fourth-order valence-corrected chi connectivity index (χ4v) is 3.69. The summed E-state index contributed by atoms with van der Waals surface area (Å²) in [7, 11) is 1.63. The van der Waals surface area contributed by atoms with Crippen LogP contribution in [0, 0.1) is 0 Å². The number of esters is 1. The number of para-hydroxylation sites is 1. The number of carbonyl (C=O) groups excluding carboxylic acids is 1. The van der Waals surface area contributed by atoms with Crippen molar-refractivity contribution in [3.8, 4) is 5.75 Å². The molecular formula is C15H15N3O3S2. The molecule has 0 spiro atoms. The van der Waals surface area contributed by atoms with Crippen LogP contribution >= 0.6 is 22.7 Å². The van der Waals surface area contributed by atoms with E-state index in [0.717, 1.165) is 21.1 Å². The Hall–Kier alpha value is -2.19. The molecule has 1 aromatic carbocycles. The number of hydrogen-bond donors (Lipinski definition) is 1. The SMILES string of the molecule is CCOC(=O)Cc1csc(Nc2nc3c(OC)cccc3s2)n1. The first-order valence-corrected chi connectivity index (χ1v) is 8.69. The number of nitrogens with one attached hydrogen (secondary N) is 1. The molecular weight excluding hydrogens is 334 g/mol. The Morgan fingerprint density at radius 2 is 2.17 bits per heavy atom. The number of fused-ring (bicyclic) bond motifs is 1. The lowest BCUT2D eigenvalue weighted by atomic mass is 10.3. The molecule has 0 fully saturated rings. The van der Waals surface area contributed by atoms with Crippen molar-refractivity contribution in [3.05, 3.63) is 29.3 Å². The summed E-state index contributed by atoms with van der Waals surface area (Å²) in [6.45, 7) is 2.16. The molecule has 3 rings (SSSR count). The summed E-state index contributed by atoms with van der Waals surface area (Å²) in [5.74, 6) is 0.475. The largest absolute Gasteiger partial charge is 0.494 e. The molecule has 0 aliphatic rings. The van der Waals surface area contributed by atoms with Gasteiger partial charge in [0.15, 0.2) is 10.3 Å². The van der Waals surface area contributed by atoms with Crippen molar-refractivity contribution in [2.45, 2.75) is 13.3 Å². The first-order valence-electron chi connectivity index (χ1n) is 7.00. The lowest BCUT2D eigenvalue weighted by Crippen LogP contribution is -2.07. The molecule has 0 atom stereocenters. The Bertz CT molecular complexity index is 828. The van der Waals surface area contributed by atoms with E-state index in [9.17, 15) is 4.79 Å². The average molecular weight is 349 g/mol. The standard InChI is InChI=1S/C15H15N3O3S2/c1-3-21-12(19)7-9-8-22-14(16-9)18-15-17-13-10(20-2)5-4-6-11(13)23-15/h4-6,8H,3,7H2,1-2H3,(H,16,17,18). The molecule has 8 heteroatoms. The van der Waals surface area contributed by atoms with Gasteiger partial charge in [-0.1, -0.05) is 17.4 Å². The van der Waals surface area contributed by atoms with E-state index in [1.165, 1.54) is 22.7 Å². The summed E-state index contributed by atoms with van der Waals surface area (Å²) in [5, 5.41) is 6.45. The summed E-state index contributed by atoms with van der Waals surface area (Å²) < 4.78 is 11.3. The van der Waals surface area contributed by atoms with Crippen LogP contribution in [0.4, 0.5) is 10.3 Å². The second-order valence-electron chi connectivity index (χ2n) is 4.58. The molecule has 0 bridgehead atoms. The van der Waals surface area contributed by atoms with Crippen LogP contribution in [0.2, 0.25) is 0 Å². The smallest absolute Gasteiger partial charge is 0.311 e. The molecule has 2 aromatic heterocycles. The van der Waals surface area contributed by atoms with E-state index in [4.69, 9.17) is 9.47 Å². The number of rotatable bonds is 6. The predicted octanol–water partition coefficient (Wildman–Crippen LogP) is 3.61. The minimum atomic E-state index is -0.269. The Morgan fingerprint density at radius 3 is 2.96 bits per heavy atom. The summed E-state index contributed by atoms with van der Waals surface area (Å²) in [6, 6.07) is 5.81. The zero-order valence-electron chi connectivity index (χ0n) is 12.7. The van der Waals surface area contributed by atoms with Gasteiger partial charge in [0.05, 0.1) is 30.5 Å². The van der Waals surface area contributed by atoms with Crippen LogP contribution in [0.3, 0.4) is 0 Å². The van der Waals surface area contributed by atoms with E-state index in [-0.39, 0.29) is 12.4 Å². The number of anilines is 2. The van der Waals surface area contributed by atoms with E-state index in [1.54, 1.807) is 14.0 Å². The monoisotopic (exact) mass is 349 g/mol. The summed E-state index contributed by atoms with van der Waals surface area (Å²) in [6.07, 6.45) is 0.180. The van der Waals surface area contributed by atoms with Gasteiger partial charge in [-0.3, -0.25) is 4.79 Å². The first-order chi connectivity index (χ1) is 11.2. The van der Waals surface area contributed by atoms with Gasteiger partial charge in [-0.05, 0) is 19.1 Å². The Morgan fingerprint density at radius 1 is 1.30 bits per heavy atom. The van der Waals surface area contributed by atoms with Gasteiger partial charge >= 0.3 is 5.97 Å². The van der Waals surface area contributed by atoms with Crippen LogP contribution in [-0.4, -0.2) is 29.7 Å². The summed E-state index contributed by atoms with van der Waals surface area (Å²) >= 11 is 2.96. The molecule has 1 N–H and O–H groups in total. The zero-order valence-corrected chi connectivity index (χ0v) is 14.3. The maximum absolute atomic E-state index is 11.5. The highest BCUT2D eigenvalue weighted by molar-refractivity contribution is 7.22. The maximum atomic E-state index is 11.5. The van der Waals surface area contributed by atoms with E-state index in [2.05, 4.69) is 15.3 Å². The number of ether oxygens (including phenoxy) is 2. The second kappa shape index (κ2) is 6.93. The fraction of sp³-hybridized carbons (Fsp3) is 0.267. The molecule has 0 unspecified atom stereocenters. The quantitative estimate of drug-likeness (QED) is 0.685. The third-order valence-electron chi connectivity index (χ3n) is 3.00. The number of hydrogen-bond acceptors (Lipinski definition) is 8. The van der Waals surface area contributed by atoms with Crippen molar-refractivity contribution in [3.63, 3.8) is 0 Å². The van der Waals surface area contributed by atoms with Crippen molar-refractivity contribution in [2.75, 3.05) is 19.0 Å². The maximum Gasteiger partial charge on any atom is 0.311 e. The predicted molar refractivity (Wildman–Crippen MR) is 91.9 cm³/mol. The molecule has 0 saturated carbocycles. The molecule has 0 radical (unpaired) electrons. The molecule has 6 nitrogen and oxygen atoms in total. The molecule has 0 amide bonds. The van der Waals surface area contributed by atoms with Crippen LogP contribution in [0.1, 0.15) is 12.6 Å². The van der Waals surface area contributed by atoms with Gasteiger partial charge in [-0.15, -0.1) is 11.3 Å². The Kier molecular flexibility index (Phi) is 4.73. The Balaban J connectivity index is 1.75. The van der Waals surface area contributed by atoms with Gasteiger partial charge in [-0.25, -0.2) is 9.97 Å². The minimum Gasteiger partial charge on any atom is -0.494 e. The minimum absolute atomic E-state index is 0.180. The van der Waals surface area contributed by atoms with Crippen LogP contribution in [0.15, 0.2) is 23.6 Å². The number of nitrogens with zero attached hydrogens (tertiary/aromatic N) is 2. The van der Waals surface area contributed by atoms with Crippen LogP contribution in [0.25, 0.3) is 10.2 Å². The highest BCUT2D eigenvalue weighted by Crippen LogP contribution is 2.34. The number of thiazole rings is 2. The van der Waals surface area contributed by atoms with Gasteiger partial charge in [0.2, 0.25) is 0 Å². The first kappa shape index (κ1) is 15.7. The van der Waals surface area contributed by atoms with Crippen LogP contribution in [-0.2, 0) is 16.0 Å². The van der Waals surface area contributed by atoms with Crippen molar-refractivity contribution in [1.82, 2.24) is 9.97 Å². The third kappa shape index (κ3) is 3.59. The molecule has 0 saturated heterocycles. The van der Waals surface area contributed by atoms with Gasteiger partial charge in [-0.2, -0.15) is 0 Å². The lowest BCUT2D eigenvalue weighted by molar-refractivity contribution is -0.142. The molecule has 3 aromatic rings. The highest BCUT2D eigenvalue weighted by Gasteiger charge is 2.12. The summed E-state index contributed by atoms with van der Waals surface area (Å²) in [4.78, 5) is 20.4. The average Bonchev–Trinajstić information content (AvgIpc) is 3.13. The highest BCUT2D eigenvalue weighted by atomic mass is 32.1. The molecule has 0 aliphatic carbocycles. The van der Waals surface area contributed by atoms with Gasteiger partial charge in [0, 0.05) is 5.38 Å². The molecule has 2 heterocycles. The van der Waals surface area contributed by atoms with Crippen molar-refractivity contribution in [1.29, 1.82) is 0 Å². The Labute approximate surface area is 141 Å². The third-order valence-corrected chi connectivity index (χ3v) is 4.74. The van der Waals surface area contributed by atoms with Gasteiger partial charge < -0.3 is 14.8 Å². The fourth-order valence-electron chi connectivity index (χ4n) is 2.04. The van der Waals surface area contributed by atoms with Crippen molar-refractivity contribution in [2.24, 2.45) is 0 Å². The van der Waals surface area contributed by atoms with Gasteiger partial charge in [0.25, 0.3) is 0 Å². The van der Waals surface area contributed by atoms with E-state index < -0.39 is 0 Å². The van der Waals surface area contributed by atoms with E-state index in [0.29, 0.717) is 17.4 Å². The second-order valence-corrected chi connectivity index (χ2v) is 6.47. The van der Waals surface area contributed by atoms with E-state index in [1.807, 2.05) is 23.6 Å². The number of methoxy groups -OCH3 is 1. The molecule has 23 heavy (non-hydrogen) atoms. The van der Waals surface area contributed by atoms with E-state index >= 15 is 0 Å². The summed E-state index contributed by atoms with van der Waals surface area (Å²) in [5.41, 5.74) is 1.51. The van der Waals surface area contributed by atoms with Crippen LogP contribution < -0.4 is 10.1 Å². The normalized spacial score (nSPS) is 10.7. The number of carbonyl (C=O) groups is 1. The van der Waals surface area contributed by atoms with Gasteiger partial charge in [0.1, 0.15) is 11.3 Å². The van der Waals surface area contributed by atoms with Crippen LogP contribution in [0.5, 0.6) is 5.75 Å². The lowest BCUT2D eigenvalue weighted by Gasteiger charge is -1.99. The van der Waals surface area contributed by atoms with Crippen molar-refractivity contribution < 1.29 is 14.3 Å². The number of benzene rings is 1. The number of aromatic nitrogens is 2. The van der Waals surface area contributed by atoms with Crippen molar-refractivity contribution >= 4 is 49.1 Å². The molecule has 0 aliphatic heterocycles.